The molecule has 3 nitrogen and oxygen atoms in total. The van der Waals surface area contributed by atoms with Crippen molar-refractivity contribution in [3.63, 3.8) is 0 Å². The molecule has 0 bridgehead atoms. The van der Waals surface area contributed by atoms with Crippen LogP contribution in [-0.2, 0) is 19.9 Å². The quantitative estimate of drug-likeness (QED) is 0.0963. The van der Waals surface area contributed by atoms with Crippen molar-refractivity contribution in [2.75, 3.05) is 7.11 Å². The first-order valence-corrected chi connectivity index (χ1v) is 14.2. The summed E-state index contributed by atoms with van der Waals surface area (Å²) in [6.07, 6.45) is 12.7. The summed E-state index contributed by atoms with van der Waals surface area (Å²) < 4.78 is 53.2. The summed E-state index contributed by atoms with van der Waals surface area (Å²) in [5.74, 6) is -0.642. The smallest absolute Gasteiger partial charge is 0.432 e. The summed E-state index contributed by atoms with van der Waals surface area (Å²) in [6.45, 7) is 6.63. The zero-order chi connectivity index (χ0) is 27.6. The van der Waals surface area contributed by atoms with Gasteiger partial charge in [-0.1, -0.05) is 121 Å². The maximum Gasteiger partial charge on any atom is 0.432 e. The number of alkyl halides is 3. The van der Waals surface area contributed by atoms with Crippen LogP contribution in [0.4, 0.5) is 13.2 Å². The standard InChI is InChI=1S/C31H49F3O3/c1-5-6-7-12-19-24-28(25-20-14-11-9-8-10-13-16-21-26(2)3)37-29(35)30(36-4,31(32,33)34)27-22-17-15-18-23-27/h14-15,17-18,20,22-23,26,28H,5-13,16,19,21,24-25H2,1-4H3/b20-14+/t28-,30+/m0/s1. The molecule has 1 aromatic rings. The molecule has 0 aliphatic carbocycles. The second-order valence-corrected chi connectivity index (χ2v) is 10.4. The number of hydrogen-bond donors (Lipinski definition) is 0. The molecule has 1 rings (SSSR count). The van der Waals surface area contributed by atoms with Gasteiger partial charge >= 0.3 is 12.1 Å². The topological polar surface area (TPSA) is 35.5 Å². The van der Waals surface area contributed by atoms with E-state index in [1.807, 2.05) is 6.08 Å². The van der Waals surface area contributed by atoms with Crippen molar-refractivity contribution in [1.82, 2.24) is 0 Å². The van der Waals surface area contributed by atoms with Gasteiger partial charge in [0.2, 0.25) is 0 Å². The molecule has 212 valence electrons. The van der Waals surface area contributed by atoms with Crippen LogP contribution in [0.1, 0.15) is 116 Å². The van der Waals surface area contributed by atoms with Gasteiger partial charge in [0.1, 0.15) is 6.10 Å². The predicted molar refractivity (Wildman–Crippen MR) is 145 cm³/mol. The molecule has 6 heteroatoms. The summed E-state index contributed by atoms with van der Waals surface area (Å²) in [5, 5.41) is 0. The van der Waals surface area contributed by atoms with Crippen molar-refractivity contribution in [1.29, 1.82) is 0 Å². The minimum atomic E-state index is -4.96. The number of hydrogen-bond acceptors (Lipinski definition) is 3. The monoisotopic (exact) mass is 526 g/mol. The maximum atomic E-state index is 14.3. The molecule has 2 atom stereocenters. The van der Waals surface area contributed by atoms with Gasteiger partial charge in [-0.2, -0.15) is 13.2 Å². The van der Waals surface area contributed by atoms with Crippen LogP contribution in [0, 0.1) is 5.92 Å². The molecule has 0 aliphatic rings. The lowest BCUT2D eigenvalue weighted by molar-refractivity contribution is -0.278. The first-order valence-electron chi connectivity index (χ1n) is 14.2. The number of ether oxygens (including phenoxy) is 2. The Hall–Kier alpha value is -1.82. The molecule has 0 aliphatic heterocycles. The van der Waals surface area contributed by atoms with Crippen molar-refractivity contribution in [2.24, 2.45) is 5.92 Å². The highest BCUT2D eigenvalue weighted by atomic mass is 19.4. The fourth-order valence-corrected chi connectivity index (χ4v) is 4.53. The number of carbonyl (C=O) groups excluding carboxylic acids is 1. The first-order chi connectivity index (χ1) is 17.7. The summed E-state index contributed by atoms with van der Waals surface area (Å²) in [7, 11) is 0.907. The van der Waals surface area contributed by atoms with Gasteiger partial charge in [-0.25, -0.2) is 4.79 Å². The molecule has 0 fully saturated rings. The summed E-state index contributed by atoms with van der Waals surface area (Å²) in [6, 6.07) is 7.02. The molecule has 0 amide bonds. The van der Waals surface area contributed by atoms with E-state index < -0.39 is 23.9 Å². The lowest BCUT2D eigenvalue weighted by Crippen LogP contribution is -2.52. The predicted octanol–water partition coefficient (Wildman–Crippen LogP) is 9.70. The lowest BCUT2D eigenvalue weighted by Gasteiger charge is -2.33. The molecule has 1 aromatic carbocycles. The van der Waals surface area contributed by atoms with Crippen molar-refractivity contribution < 1.29 is 27.4 Å². The van der Waals surface area contributed by atoms with Crippen LogP contribution in [0.2, 0.25) is 0 Å². The van der Waals surface area contributed by atoms with Gasteiger partial charge < -0.3 is 9.47 Å². The van der Waals surface area contributed by atoms with Crippen molar-refractivity contribution in [3.05, 3.63) is 48.0 Å². The molecule has 0 radical (unpaired) electrons. The highest BCUT2D eigenvalue weighted by Crippen LogP contribution is 2.43. The fourth-order valence-electron chi connectivity index (χ4n) is 4.53. The van der Waals surface area contributed by atoms with Crippen LogP contribution in [0.5, 0.6) is 0 Å². The largest absolute Gasteiger partial charge is 0.459 e. The minimum Gasteiger partial charge on any atom is -0.459 e. The molecule has 0 unspecified atom stereocenters. The van der Waals surface area contributed by atoms with Crippen LogP contribution in [0.3, 0.4) is 0 Å². The number of allylic oxidation sites excluding steroid dienone is 1. The number of halogens is 3. The van der Waals surface area contributed by atoms with E-state index in [2.05, 4.69) is 26.8 Å². The number of esters is 1. The minimum absolute atomic E-state index is 0.277. The molecular formula is C31H49F3O3. The van der Waals surface area contributed by atoms with E-state index in [-0.39, 0.29) is 5.56 Å². The third-order valence-electron chi connectivity index (χ3n) is 6.79. The van der Waals surface area contributed by atoms with Gasteiger partial charge in [0.15, 0.2) is 0 Å². The number of carbonyl (C=O) groups is 1. The third kappa shape index (κ3) is 12.1. The molecule has 37 heavy (non-hydrogen) atoms. The van der Waals surface area contributed by atoms with E-state index in [1.54, 1.807) is 6.07 Å². The van der Waals surface area contributed by atoms with Crippen LogP contribution < -0.4 is 0 Å². The van der Waals surface area contributed by atoms with Crippen molar-refractivity contribution in [2.45, 2.75) is 129 Å². The van der Waals surface area contributed by atoms with Gasteiger partial charge in [0.25, 0.3) is 5.60 Å². The Kier molecular flexibility index (Phi) is 16.5. The molecule has 0 saturated heterocycles. The number of rotatable bonds is 20. The Bertz CT molecular complexity index is 746. The Morgan fingerprint density at radius 2 is 1.46 bits per heavy atom. The molecule has 0 aromatic heterocycles. The molecule has 0 heterocycles. The van der Waals surface area contributed by atoms with E-state index in [1.165, 1.54) is 56.4 Å². The van der Waals surface area contributed by atoms with Gasteiger partial charge in [0.05, 0.1) is 0 Å². The van der Waals surface area contributed by atoms with Crippen LogP contribution >= 0.6 is 0 Å². The van der Waals surface area contributed by atoms with Crippen LogP contribution in [-0.4, -0.2) is 25.4 Å². The molecular weight excluding hydrogens is 477 g/mol. The Morgan fingerprint density at radius 3 is 2.05 bits per heavy atom. The first kappa shape index (κ1) is 33.2. The van der Waals surface area contributed by atoms with Crippen LogP contribution in [0.15, 0.2) is 42.5 Å². The summed E-state index contributed by atoms with van der Waals surface area (Å²) in [5.41, 5.74) is -3.42. The summed E-state index contributed by atoms with van der Waals surface area (Å²) >= 11 is 0. The van der Waals surface area contributed by atoms with E-state index in [0.717, 1.165) is 58.0 Å². The van der Waals surface area contributed by atoms with E-state index in [9.17, 15) is 18.0 Å². The van der Waals surface area contributed by atoms with Gasteiger partial charge in [0, 0.05) is 19.1 Å². The zero-order valence-electron chi connectivity index (χ0n) is 23.5. The molecule has 0 N–H and O–H groups in total. The second kappa shape index (κ2) is 18.4. The van der Waals surface area contributed by atoms with Gasteiger partial charge in [-0.15, -0.1) is 0 Å². The van der Waals surface area contributed by atoms with Gasteiger partial charge in [-0.3, -0.25) is 0 Å². The number of unbranched alkanes of at least 4 members (excludes halogenated alkanes) is 9. The number of benzene rings is 1. The lowest BCUT2D eigenvalue weighted by atomic mass is 9.92. The average molecular weight is 527 g/mol. The SMILES string of the molecule is CCCCCCC[C@@H](C/C=C/CCCCCCCC(C)C)OC(=O)[C@](OC)(c1ccccc1)C(F)(F)F. The normalized spacial score (nSPS) is 14.7. The highest BCUT2D eigenvalue weighted by Gasteiger charge is 2.64. The average Bonchev–Trinajstić information content (AvgIpc) is 2.85. The number of methoxy groups -OCH3 is 1. The zero-order valence-corrected chi connectivity index (χ0v) is 23.5. The fraction of sp³-hybridized carbons (Fsp3) is 0.710. The Morgan fingerprint density at radius 1 is 0.865 bits per heavy atom. The van der Waals surface area contributed by atoms with Gasteiger partial charge in [-0.05, 0) is 31.6 Å². The van der Waals surface area contributed by atoms with Crippen LogP contribution in [0.25, 0.3) is 0 Å². The highest BCUT2D eigenvalue weighted by molar-refractivity contribution is 5.82. The maximum absolute atomic E-state index is 14.3. The van der Waals surface area contributed by atoms with E-state index >= 15 is 0 Å². The second-order valence-electron chi connectivity index (χ2n) is 10.4. The Labute approximate surface area is 223 Å². The van der Waals surface area contributed by atoms with Crippen molar-refractivity contribution in [3.8, 4) is 0 Å². The Balaban J connectivity index is 2.76. The van der Waals surface area contributed by atoms with Crippen molar-refractivity contribution >= 4 is 5.97 Å². The molecule has 0 saturated carbocycles. The van der Waals surface area contributed by atoms with E-state index in [4.69, 9.17) is 9.47 Å². The van der Waals surface area contributed by atoms with E-state index in [0.29, 0.717) is 12.8 Å². The molecule has 0 spiro atoms. The third-order valence-corrected chi connectivity index (χ3v) is 6.79. The summed E-state index contributed by atoms with van der Waals surface area (Å²) in [4.78, 5) is 13.1.